The third-order valence-electron chi connectivity index (χ3n) is 6.08. The summed E-state index contributed by atoms with van der Waals surface area (Å²) in [6, 6.07) is 9.99. The number of benzene rings is 1. The molecule has 1 saturated heterocycles. The van der Waals surface area contributed by atoms with Crippen molar-refractivity contribution in [3.8, 4) is 11.1 Å². The fourth-order valence-electron chi connectivity index (χ4n) is 4.03. The highest BCUT2D eigenvalue weighted by molar-refractivity contribution is 6.02. The summed E-state index contributed by atoms with van der Waals surface area (Å²) in [5.74, 6) is 0.599. The van der Waals surface area contributed by atoms with E-state index in [1.54, 1.807) is 18.5 Å². The molecule has 7 nitrogen and oxygen atoms in total. The molecule has 1 saturated carbocycles. The number of anilines is 1. The summed E-state index contributed by atoms with van der Waals surface area (Å²) in [6.45, 7) is 5.38. The molecule has 1 amide bonds. The van der Waals surface area contributed by atoms with Crippen molar-refractivity contribution in [3.63, 3.8) is 0 Å². The summed E-state index contributed by atoms with van der Waals surface area (Å²) in [7, 11) is 0. The molecule has 5 rings (SSSR count). The fourth-order valence-corrected chi connectivity index (χ4v) is 4.03. The Morgan fingerprint density at radius 3 is 2.73 bits per heavy atom. The standard InChI is InChI=1S/C26H29N5O2/c32-26(29-24-6-3-20(4-7-24)17-30-11-13-33-14-12-30)8-5-22-15-27-10-9-25(22)23-16-28-31(19-23)18-21-1-2-21/h3-10,15-16,19,21H,1-2,11-14,17-18H2,(H,29,32). The average molecular weight is 444 g/mol. The van der Waals surface area contributed by atoms with E-state index in [0.29, 0.717) is 0 Å². The van der Waals surface area contributed by atoms with Crippen LogP contribution in [0.3, 0.4) is 0 Å². The molecule has 2 fully saturated rings. The van der Waals surface area contributed by atoms with Gasteiger partial charge in [-0.1, -0.05) is 12.1 Å². The second-order valence-electron chi connectivity index (χ2n) is 8.77. The van der Waals surface area contributed by atoms with Gasteiger partial charge in [0, 0.05) is 67.7 Å². The molecule has 3 heterocycles. The Morgan fingerprint density at radius 1 is 1.12 bits per heavy atom. The minimum absolute atomic E-state index is 0.171. The lowest BCUT2D eigenvalue weighted by molar-refractivity contribution is -0.111. The highest BCUT2D eigenvalue weighted by Crippen LogP contribution is 2.31. The molecular weight excluding hydrogens is 414 g/mol. The molecule has 170 valence electrons. The van der Waals surface area contributed by atoms with E-state index in [0.717, 1.165) is 67.7 Å². The number of carbonyl (C=O) groups excluding carboxylic acids is 1. The lowest BCUT2D eigenvalue weighted by Gasteiger charge is -2.26. The second kappa shape index (κ2) is 10.1. The smallest absolute Gasteiger partial charge is 0.248 e. The van der Waals surface area contributed by atoms with Crippen LogP contribution in [0.4, 0.5) is 5.69 Å². The first-order chi connectivity index (χ1) is 16.2. The number of nitrogens with zero attached hydrogens (tertiary/aromatic N) is 4. The number of carbonyl (C=O) groups is 1. The molecule has 7 heteroatoms. The Morgan fingerprint density at radius 2 is 1.94 bits per heavy atom. The molecule has 0 bridgehead atoms. The Labute approximate surface area is 194 Å². The van der Waals surface area contributed by atoms with E-state index >= 15 is 0 Å². The van der Waals surface area contributed by atoms with Gasteiger partial charge in [0.05, 0.1) is 19.4 Å². The topological polar surface area (TPSA) is 72.3 Å². The van der Waals surface area contributed by atoms with Crippen molar-refractivity contribution in [1.82, 2.24) is 19.7 Å². The molecule has 0 radical (unpaired) electrons. The van der Waals surface area contributed by atoms with E-state index in [1.165, 1.54) is 18.4 Å². The molecule has 0 unspecified atom stereocenters. The summed E-state index contributed by atoms with van der Waals surface area (Å²) in [5.41, 5.74) is 4.95. The second-order valence-corrected chi connectivity index (χ2v) is 8.77. The highest BCUT2D eigenvalue weighted by Gasteiger charge is 2.22. The maximum atomic E-state index is 12.5. The normalized spacial score (nSPS) is 16.8. The van der Waals surface area contributed by atoms with Crippen LogP contribution < -0.4 is 5.32 Å². The van der Waals surface area contributed by atoms with E-state index in [2.05, 4.69) is 38.6 Å². The van der Waals surface area contributed by atoms with Gasteiger partial charge in [-0.3, -0.25) is 19.4 Å². The molecule has 0 spiro atoms. The monoisotopic (exact) mass is 443 g/mol. The van der Waals surface area contributed by atoms with Gasteiger partial charge in [0.1, 0.15) is 0 Å². The summed E-state index contributed by atoms with van der Waals surface area (Å²) in [5, 5.41) is 7.43. The molecule has 1 aromatic carbocycles. The van der Waals surface area contributed by atoms with Crippen LogP contribution in [-0.4, -0.2) is 51.9 Å². The lowest BCUT2D eigenvalue weighted by Crippen LogP contribution is -2.35. The van der Waals surface area contributed by atoms with E-state index in [1.807, 2.05) is 35.2 Å². The van der Waals surface area contributed by atoms with Crippen LogP contribution in [0.1, 0.15) is 24.0 Å². The quantitative estimate of drug-likeness (QED) is 0.536. The van der Waals surface area contributed by atoms with Crippen LogP contribution in [0.15, 0.2) is 61.2 Å². The molecule has 1 aliphatic carbocycles. The Bertz CT molecular complexity index is 1110. The number of aromatic nitrogens is 3. The Hall–Kier alpha value is -3.29. The number of hydrogen-bond donors (Lipinski definition) is 1. The summed E-state index contributed by atoms with van der Waals surface area (Å²) in [6.07, 6.45) is 13.5. The zero-order chi connectivity index (χ0) is 22.5. The van der Waals surface area contributed by atoms with Crippen LogP contribution in [-0.2, 0) is 22.6 Å². The number of hydrogen-bond acceptors (Lipinski definition) is 5. The fraction of sp³-hybridized carbons (Fsp3) is 0.346. The maximum Gasteiger partial charge on any atom is 0.248 e. The molecule has 2 aliphatic rings. The average Bonchev–Trinajstić information content (AvgIpc) is 3.54. The third-order valence-corrected chi connectivity index (χ3v) is 6.08. The SMILES string of the molecule is O=C(C=Cc1cnccc1-c1cnn(CC2CC2)c1)Nc1ccc(CN2CCOCC2)cc1. The van der Waals surface area contributed by atoms with E-state index < -0.39 is 0 Å². The van der Waals surface area contributed by atoms with Gasteiger partial charge in [-0.15, -0.1) is 0 Å². The highest BCUT2D eigenvalue weighted by atomic mass is 16.5. The number of amides is 1. The molecular formula is C26H29N5O2. The van der Waals surface area contributed by atoms with Crippen LogP contribution in [0, 0.1) is 5.92 Å². The van der Waals surface area contributed by atoms with Gasteiger partial charge in [-0.25, -0.2) is 0 Å². The van der Waals surface area contributed by atoms with E-state index in [9.17, 15) is 4.79 Å². The Balaban J connectivity index is 1.20. The van der Waals surface area contributed by atoms with Crippen LogP contribution >= 0.6 is 0 Å². The van der Waals surface area contributed by atoms with Crippen molar-refractivity contribution < 1.29 is 9.53 Å². The van der Waals surface area contributed by atoms with Crippen molar-refractivity contribution in [2.45, 2.75) is 25.9 Å². The molecule has 1 N–H and O–H groups in total. The van der Waals surface area contributed by atoms with Gasteiger partial charge in [-0.2, -0.15) is 5.10 Å². The summed E-state index contributed by atoms with van der Waals surface area (Å²) in [4.78, 5) is 19.1. The van der Waals surface area contributed by atoms with Gasteiger partial charge in [0.15, 0.2) is 0 Å². The lowest BCUT2D eigenvalue weighted by atomic mass is 10.0. The third kappa shape index (κ3) is 5.94. The van der Waals surface area contributed by atoms with Crippen molar-refractivity contribution in [2.24, 2.45) is 5.92 Å². The predicted octanol–water partition coefficient (Wildman–Crippen LogP) is 3.84. The van der Waals surface area contributed by atoms with Crippen LogP contribution in [0.2, 0.25) is 0 Å². The summed E-state index contributed by atoms with van der Waals surface area (Å²) >= 11 is 0. The number of morpholine rings is 1. The molecule has 3 aromatic rings. The van der Waals surface area contributed by atoms with Crippen molar-refractivity contribution in [3.05, 3.63) is 72.3 Å². The maximum absolute atomic E-state index is 12.5. The van der Waals surface area contributed by atoms with Crippen LogP contribution in [0.5, 0.6) is 0 Å². The number of pyridine rings is 1. The molecule has 33 heavy (non-hydrogen) atoms. The summed E-state index contributed by atoms with van der Waals surface area (Å²) < 4.78 is 7.41. The van der Waals surface area contributed by atoms with Gasteiger partial charge >= 0.3 is 0 Å². The number of rotatable bonds is 8. The Kier molecular flexibility index (Phi) is 6.60. The van der Waals surface area contributed by atoms with Crippen molar-refractivity contribution in [2.75, 3.05) is 31.6 Å². The van der Waals surface area contributed by atoms with Gasteiger partial charge < -0.3 is 10.1 Å². The first-order valence-electron chi connectivity index (χ1n) is 11.6. The van der Waals surface area contributed by atoms with E-state index in [4.69, 9.17) is 4.74 Å². The van der Waals surface area contributed by atoms with Crippen LogP contribution in [0.25, 0.3) is 17.2 Å². The number of nitrogens with one attached hydrogen (secondary N) is 1. The van der Waals surface area contributed by atoms with Crippen molar-refractivity contribution >= 4 is 17.7 Å². The molecule has 1 aliphatic heterocycles. The zero-order valence-corrected chi connectivity index (χ0v) is 18.7. The van der Waals surface area contributed by atoms with Crippen molar-refractivity contribution in [1.29, 1.82) is 0 Å². The first-order valence-corrected chi connectivity index (χ1v) is 11.6. The largest absolute Gasteiger partial charge is 0.379 e. The zero-order valence-electron chi connectivity index (χ0n) is 18.7. The first kappa shape index (κ1) is 21.6. The minimum atomic E-state index is -0.171. The molecule has 2 aromatic heterocycles. The van der Waals surface area contributed by atoms with Gasteiger partial charge in [0.2, 0.25) is 5.91 Å². The van der Waals surface area contributed by atoms with E-state index in [-0.39, 0.29) is 5.91 Å². The van der Waals surface area contributed by atoms with Gasteiger partial charge in [0.25, 0.3) is 0 Å². The number of ether oxygens (including phenoxy) is 1. The minimum Gasteiger partial charge on any atom is -0.379 e. The van der Waals surface area contributed by atoms with Gasteiger partial charge in [-0.05, 0) is 54.2 Å². The predicted molar refractivity (Wildman–Crippen MR) is 128 cm³/mol. The molecule has 0 atom stereocenters.